The van der Waals surface area contributed by atoms with Gasteiger partial charge >= 0.3 is 5.97 Å². The fraction of sp³-hybridized carbons (Fsp3) is 0.529. The van der Waals surface area contributed by atoms with Crippen LogP contribution in [0.5, 0.6) is 0 Å². The summed E-state index contributed by atoms with van der Waals surface area (Å²) in [7, 11) is 0. The molecule has 4 nitrogen and oxygen atoms in total. The second kappa shape index (κ2) is 8.22. The van der Waals surface area contributed by atoms with Crippen molar-refractivity contribution in [1.29, 1.82) is 0 Å². The maximum absolute atomic E-state index is 12.1. The van der Waals surface area contributed by atoms with Gasteiger partial charge in [0.05, 0.1) is 5.56 Å². The van der Waals surface area contributed by atoms with E-state index < -0.39 is 5.97 Å². The van der Waals surface area contributed by atoms with Crippen LogP contribution in [0.1, 0.15) is 43.0 Å². The molecule has 0 unspecified atom stereocenters. The first-order valence-corrected chi connectivity index (χ1v) is 8.93. The molecule has 5 heteroatoms. The molecule has 0 saturated heterocycles. The Bertz CT molecular complexity index is 532. The van der Waals surface area contributed by atoms with Crippen LogP contribution in [0.25, 0.3) is 0 Å². The predicted molar refractivity (Wildman–Crippen MR) is 88.1 cm³/mol. The maximum atomic E-state index is 12.1. The van der Waals surface area contributed by atoms with Crippen LogP contribution < -0.4 is 5.32 Å². The molecule has 2 rings (SSSR count). The van der Waals surface area contributed by atoms with Gasteiger partial charge in [-0.2, -0.15) is 0 Å². The molecule has 1 aliphatic rings. The quantitative estimate of drug-likeness (QED) is 0.668. The Morgan fingerprint density at radius 1 is 1.27 bits per heavy atom. The van der Waals surface area contributed by atoms with Gasteiger partial charge in [-0.3, -0.25) is 4.79 Å². The molecule has 120 valence electrons. The number of hydrogen-bond donors (Lipinski definition) is 1. The summed E-state index contributed by atoms with van der Waals surface area (Å²) < 4.78 is 5.14. The van der Waals surface area contributed by atoms with Gasteiger partial charge in [0.2, 0.25) is 0 Å². The minimum Gasteiger partial charge on any atom is -0.452 e. The van der Waals surface area contributed by atoms with Gasteiger partial charge in [0.15, 0.2) is 6.61 Å². The van der Waals surface area contributed by atoms with Crippen LogP contribution in [-0.2, 0) is 9.53 Å². The average Bonchev–Trinajstić information content (AvgIpc) is 2.54. The standard InChI is InChI=1S/C17H23NO3S/c1-12-7-3-5-9-14(12)18-16(19)11-21-17(20)13-8-4-6-10-15(13)22-2/h4,6,8,10,12,14H,3,5,7,9,11H2,1-2H3,(H,18,19)/t12-,14+/m0/s1. The number of benzene rings is 1. The van der Waals surface area contributed by atoms with Gasteiger partial charge in [-0.25, -0.2) is 4.79 Å². The van der Waals surface area contributed by atoms with E-state index in [1.165, 1.54) is 18.2 Å². The first-order chi connectivity index (χ1) is 10.6. The van der Waals surface area contributed by atoms with Crippen LogP contribution >= 0.6 is 11.8 Å². The molecule has 1 aromatic carbocycles. The lowest BCUT2D eigenvalue weighted by molar-refractivity contribution is -0.125. The fourth-order valence-electron chi connectivity index (χ4n) is 2.80. The summed E-state index contributed by atoms with van der Waals surface area (Å²) in [5.74, 6) is -0.170. The minimum absolute atomic E-state index is 0.207. The molecule has 0 radical (unpaired) electrons. The van der Waals surface area contributed by atoms with Crippen molar-refractivity contribution < 1.29 is 14.3 Å². The number of rotatable bonds is 5. The van der Waals surface area contributed by atoms with Gasteiger partial charge < -0.3 is 10.1 Å². The molecule has 0 aromatic heterocycles. The van der Waals surface area contributed by atoms with Crippen LogP contribution in [-0.4, -0.2) is 30.8 Å². The lowest BCUT2D eigenvalue weighted by atomic mass is 9.86. The molecule has 1 aliphatic carbocycles. The van der Waals surface area contributed by atoms with Gasteiger partial charge in [-0.05, 0) is 37.1 Å². The Kier molecular flexibility index (Phi) is 6.31. The smallest absolute Gasteiger partial charge is 0.339 e. The lowest BCUT2D eigenvalue weighted by Gasteiger charge is -2.29. The van der Waals surface area contributed by atoms with Gasteiger partial charge in [-0.15, -0.1) is 11.8 Å². The van der Waals surface area contributed by atoms with Gasteiger partial charge in [0.25, 0.3) is 5.91 Å². The van der Waals surface area contributed by atoms with E-state index in [9.17, 15) is 9.59 Å². The Morgan fingerprint density at radius 3 is 2.73 bits per heavy atom. The second-order valence-electron chi connectivity index (χ2n) is 5.71. The third kappa shape index (κ3) is 4.50. The second-order valence-corrected chi connectivity index (χ2v) is 6.56. The highest BCUT2D eigenvalue weighted by atomic mass is 32.2. The molecule has 1 amide bonds. The van der Waals surface area contributed by atoms with Crippen molar-refractivity contribution in [3.05, 3.63) is 29.8 Å². The lowest BCUT2D eigenvalue weighted by Crippen LogP contribution is -2.42. The molecule has 0 bridgehead atoms. The van der Waals surface area contributed by atoms with Crippen molar-refractivity contribution in [3.8, 4) is 0 Å². The van der Waals surface area contributed by atoms with Crippen molar-refractivity contribution >= 4 is 23.6 Å². The zero-order valence-corrected chi connectivity index (χ0v) is 13.9. The molecular formula is C17H23NO3S. The van der Waals surface area contributed by atoms with E-state index in [1.807, 2.05) is 18.4 Å². The van der Waals surface area contributed by atoms with Crippen LogP contribution in [0.3, 0.4) is 0 Å². The summed E-state index contributed by atoms with van der Waals surface area (Å²) in [6.07, 6.45) is 6.44. The highest BCUT2D eigenvalue weighted by Crippen LogP contribution is 2.23. The van der Waals surface area contributed by atoms with Crippen molar-refractivity contribution in [2.75, 3.05) is 12.9 Å². The number of nitrogens with one attached hydrogen (secondary N) is 1. The fourth-order valence-corrected chi connectivity index (χ4v) is 3.39. The van der Waals surface area contributed by atoms with Crippen molar-refractivity contribution in [3.63, 3.8) is 0 Å². The van der Waals surface area contributed by atoms with Gasteiger partial charge in [0, 0.05) is 10.9 Å². The van der Waals surface area contributed by atoms with E-state index in [4.69, 9.17) is 4.74 Å². The Morgan fingerprint density at radius 2 is 2.00 bits per heavy atom. The summed E-state index contributed by atoms with van der Waals surface area (Å²) >= 11 is 1.49. The van der Waals surface area contributed by atoms with Crippen LogP contribution in [0.4, 0.5) is 0 Å². The summed E-state index contributed by atoms with van der Waals surface area (Å²) in [5, 5.41) is 2.98. The van der Waals surface area contributed by atoms with E-state index in [0.29, 0.717) is 11.5 Å². The first-order valence-electron chi connectivity index (χ1n) is 7.71. The molecule has 0 heterocycles. The molecule has 1 fully saturated rings. The monoisotopic (exact) mass is 321 g/mol. The Hall–Kier alpha value is -1.49. The van der Waals surface area contributed by atoms with E-state index in [-0.39, 0.29) is 18.6 Å². The van der Waals surface area contributed by atoms with E-state index >= 15 is 0 Å². The normalized spacial score (nSPS) is 21.2. The summed E-state index contributed by atoms with van der Waals surface area (Å²) in [5.41, 5.74) is 0.508. The first kappa shape index (κ1) is 16.9. The van der Waals surface area contributed by atoms with Gasteiger partial charge in [0.1, 0.15) is 0 Å². The van der Waals surface area contributed by atoms with Crippen molar-refractivity contribution in [2.45, 2.75) is 43.5 Å². The maximum Gasteiger partial charge on any atom is 0.339 e. The Balaban J connectivity index is 1.84. The summed E-state index contributed by atoms with van der Waals surface area (Å²) in [4.78, 5) is 24.9. The average molecular weight is 321 g/mol. The van der Waals surface area contributed by atoms with Gasteiger partial charge in [-0.1, -0.05) is 31.9 Å². The minimum atomic E-state index is -0.447. The third-order valence-corrected chi connectivity index (χ3v) is 4.91. The SMILES string of the molecule is CSc1ccccc1C(=O)OCC(=O)N[C@@H]1CCCC[C@@H]1C. The molecule has 0 spiro atoms. The van der Waals surface area contributed by atoms with Crippen LogP contribution in [0.15, 0.2) is 29.2 Å². The number of carbonyl (C=O) groups excluding carboxylic acids is 2. The van der Waals surface area contributed by atoms with Crippen molar-refractivity contribution in [2.24, 2.45) is 5.92 Å². The highest BCUT2D eigenvalue weighted by Gasteiger charge is 2.23. The Labute approximate surface area is 136 Å². The number of ether oxygens (including phenoxy) is 1. The number of amides is 1. The summed E-state index contributed by atoms with van der Waals surface area (Å²) in [6, 6.07) is 7.46. The van der Waals surface area contributed by atoms with E-state index in [1.54, 1.807) is 12.1 Å². The zero-order chi connectivity index (χ0) is 15.9. The highest BCUT2D eigenvalue weighted by molar-refractivity contribution is 7.98. The molecular weight excluding hydrogens is 298 g/mol. The molecule has 2 atom stereocenters. The molecule has 1 aromatic rings. The number of thioether (sulfide) groups is 1. The van der Waals surface area contributed by atoms with E-state index in [2.05, 4.69) is 12.2 Å². The largest absolute Gasteiger partial charge is 0.452 e. The predicted octanol–water partition coefficient (Wildman–Crippen LogP) is 3.26. The number of carbonyl (C=O) groups is 2. The van der Waals surface area contributed by atoms with Crippen LogP contribution in [0.2, 0.25) is 0 Å². The zero-order valence-electron chi connectivity index (χ0n) is 13.1. The molecule has 1 saturated carbocycles. The van der Waals surface area contributed by atoms with Crippen LogP contribution in [0, 0.1) is 5.92 Å². The summed E-state index contributed by atoms with van der Waals surface area (Å²) in [6.45, 7) is 1.94. The van der Waals surface area contributed by atoms with E-state index in [0.717, 1.165) is 24.2 Å². The topological polar surface area (TPSA) is 55.4 Å². The number of esters is 1. The third-order valence-electron chi connectivity index (χ3n) is 4.12. The molecule has 0 aliphatic heterocycles. The van der Waals surface area contributed by atoms with Crippen molar-refractivity contribution in [1.82, 2.24) is 5.32 Å². The number of hydrogen-bond acceptors (Lipinski definition) is 4. The molecule has 1 N–H and O–H groups in total. The molecule has 22 heavy (non-hydrogen) atoms.